The molecule has 1 aromatic rings. The molecule has 90 valence electrons. The van der Waals surface area contributed by atoms with E-state index in [-0.39, 0.29) is 4.47 Å². The third-order valence-corrected chi connectivity index (χ3v) is 2.51. The molecule has 0 aliphatic heterocycles. The Morgan fingerprint density at radius 1 is 1.25 bits per heavy atom. The molecule has 1 aromatic carbocycles. The largest absolute Gasteiger partial charge is 0.390 e. The number of hydrogen-bond donors (Lipinski definition) is 1. The predicted octanol–water partition coefficient (Wildman–Crippen LogP) is 3.68. The van der Waals surface area contributed by atoms with Crippen molar-refractivity contribution in [3.8, 4) is 0 Å². The van der Waals surface area contributed by atoms with Gasteiger partial charge < -0.3 is 5.73 Å². The van der Waals surface area contributed by atoms with Crippen molar-refractivity contribution in [3.05, 3.63) is 33.8 Å². The Kier molecular flexibility index (Phi) is 3.90. The van der Waals surface area contributed by atoms with Crippen molar-refractivity contribution in [2.75, 3.05) is 0 Å². The van der Waals surface area contributed by atoms with Crippen LogP contribution in [0.25, 0.3) is 0 Å². The van der Waals surface area contributed by atoms with Crippen LogP contribution < -0.4 is 5.73 Å². The Bertz CT molecular complexity index is 390. The van der Waals surface area contributed by atoms with Gasteiger partial charge in [-0.15, -0.1) is 0 Å². The van der Waals surface area contributed by atoms with Gasteiger partial charge in [0, 0.05) is 11.6 Å². The Morgan fingerprint density at radius 2 is 1.81 bits per heavy atom. The van der Waals surface area contributed by atoms with Crippen LogP contribution >= 0.6 is 15.9 Å². The van der Waals surface area contributed by atoms with Gasteiger partial charge in [-0.05, 0) is 28.1 Å². The van der Waals surface area contributed by atoms with E-state index in [0.29, 0.717) is 0 Å². The lowest BCUT2D eigenvalue weighted by Crippen LogP contribution is -2.22. The Morgan fingerprint density at radius 3 is 2.31 bits per heavy atom. The minimum Gasteiger partial charge on any atom is -0.323 e. The van der Waals surface area contributed by atoms with Gasteiger partial charge in [-0.25, -0.2) is 8.78 Å². The first kappa shape index (κ1) is 13.4. The summed E-state index contributed by atoms with van der Waals surface area (Å²) in [6.07, 6.45) is -6.04. The van der Waals surface area contributed by atoms with Crippen LogP contribution in [0, 0.1) is 11.6 Å². The van der Waals surface area contributed by atoms with E-state index in [4.69, 9.17) is 5.73 Å². The second-order valence-electron chi connectivity index (χ2n) is 3.18. The molecule has 0 saturated heterocycles. The van der Waals surface area contributed by atoms with E-state index in [9.17, 15) is 22.0 Å². The van der Waals surface area contributed by atoms with Gasteiger partial charge in [-0.1, -0.05) is 0 Å². The van der Waals surface area contributed by atoms with E-state index in [1.165, 1.54) is 0 Å². The Labute approximate surface area is 96.6 Å². The maximum atomic E-state index is 13.4. The summed E-state index contributed by atoms with van der Waals surface area (Å²) < 4.78 is 62.4. The van der Waals surface area contributed by atoms with Gasteiger partial charge in [0.2, 0.25) is 0 Å². The maximum absolute atomic E-state index is 13.4. The average Bonchev–Trinajstić information content (AvgIpc) is 2.09. The number of hydrogen-bond acceptors (Lipinski definition) is 1. The summed E-state index contributed by atoms with van der Waals surface area (Å²) in [6, 6.07) is 0.172. The summed E-state index contributed by atoms with van der Waals surface area (Å²) in [7, 11) is 0. The highest BCUT2D eigenvalue weighted by molar-refractivity contribution is 9.10. The van der Waals surface area contributed by atoms with Gasteiger partial charge in [0.15, 0.2) is 0 Å². The van der Waals surface area contributed by atoms with Crippen molar-refractivity contribution in [1.82, 2.24) is 0 Å². The SMILES string of the molecule is NC(CC(F)(F)F)c1c(F)ccc(Br)c1F. The van der Waals surface area contributed by atoms with Crippen molar-refractivity contribution >= 4 is 15.9 Å². The van der Waals surface area contributed by atoms with Crippen LogP contribution in [0.3, 0.4) is 0 Å². The van der Waals surface area contributed by atoms with Crippen LogP contribution in [0.1, 0.15) is 18.0 Å². The van der Waals surface area contributed by atoms with E-state index in [2.05, 4.69) is 15.9 Å². The van der Waals surface area contributed by atoms with Crippen LogP contribution in [0.15, 0.2) is 16.6 Å². The number of alkyl halides is 3. The molecule has 0 amide bonds. The molecule has 0 aliphatic carbocycles. The Hall–Kier alpha value is -0.690. The van der Waals surface area contributed by atoms with Crippen LogP contribution in [-0.2, 0) is 0 Å². The fourth-order valence-corrected chi connectivity index (χ4v) is 1.58. The van der Waals surface area contributed by atoms with Gasteiger partial charge in [-0.2, -0.15) is 13.2 Å². The first-order chi connectivity index (χ1) is 7.22. The first-order valence-corrected chi connectivity index (χ1v) is 4.97. The molecule has 1 unspecified atom stereocenters. The molecule has 7 heteroatoms. The average molecular weight is 304 g/mol. The summed E-state index contributed by atoms with van der Waals surface area (Å²) in [6.45, 7) is 0. The molecule has 1 atom stereocenters. The van der Waals surface area contributed by atoms with Crippen molar-refractivity contribution in [1.29, 1.82) is 0 Å². The maximum Gasteiger partial charge on any atom is 0.390 e. The minimum atomic E-state index is -4.57. The molecule has 0 spiro atoms. The topological polar surface area (TPSA) is 26.0 Å². The van der Waals surface area contributed by atoms with Crippen LogP contribution in [0.4, 0.5) is 22.0 Å². The summed E-state index contributed by atoms with van der Waals surface area (Å²) in [5, 5.41) is 0. The number of halogens is 6. The van der Waals surface area contributed by atoms with Crippen LogP contribution in [-0.4, -0.2) is 6.18 Å². The monoisotopic (exact) mass is 303 g/mol. The zero-order chi connectivity index (χ0) is 12.5. The van der Waals surface area contributed by atoms with Gasteiger partial charge in [0.05, 0.1) is 10.9 Å². The highest BCUT2D eigenvalue weighted by atomic mass is 79.9. The summed E-state index contributed by atoms with van der Waals surface area (Å²) >= 11 is 2.75. The zero-order valence-corrected chi connectivity index (χ0v) is 9.37. The third kappa shape index (κ3) is 3.15. The van der Waals surface area contributed by atoms with Crippen LogP contribution in [0.5, 0.6) is 0 Å². The normalized spacial score (nSPS) is 13.9. The number of rotatable bonds is 2. The molecule has 0 aromatic heterocycles. The van der Waals surface area contributed by atoms with Crippen molar-refractivity contribution in [2.45, 2.75) is 18.6 Å². The van der Waals surface area contributed by atoms with E-state index in [0.717, 1.165) is 12.1 Å². The molecule has 0 bridgehead atoms. The first-order valence-electron chi connectivity index (χ1n) is 4.18. The second-order valence-corrected chi connectivity index (χ2v) is 4.04. The van der Waals surface area contributed by atoms with E-state index < -0.39 is 35.8 Å². The number of nitrogens with two attached hydrogens (primary N) is 1. The molecule has 16 heavy (non-hydrogen) atoms. The van der Waals surface area contributed by atoms with Crippen LogP contribution in [0.2, 0.25) is 0 Å². The standard InChI is InChI=1S/C9H7BrF5N/c10-4-1-2-5(11)7(8(4)12)6(16)3-9(13,14)15/h1-2,6H,3,16H2. The zero-order valence-electron chi connectivity index (χ0n) is 7.78. The summed E-state index contributed by atoms with van der Waals surface area (Å²) in [5.41, 5.74) is 4.37. The molecule has 0 fully saturated rings. The second kappa shape index (κ2) is 4.67. The highest BCUT2D eigenvalue weighted by Gasteiger charge is 2.33. The lowest BCUT2D eigenvalue weighted by molar-refractivity contribution is -0.138. The van der Waals surface area contributed by atoms with E-state index in [1.54, 1.807) is 0 Å². The molecule has 0 heterocycles. The van der Waals surface area contributed by atoms with Gasteiger partial charge >= 0.3 is 6.18 Å². The molecule has 0 radical (unpaired) electrons. The summed E-state index contributed by atoms with van der Waals surface area (Å²) in [5.74, 6) is -2.19. The molecular formula is C9H7BrF5N. The summed E-state index contributed by atoms with van der Waals surface area (Å²) in [4.78, 5) is 0. The molecule has 2 N–H and O–H groups in total. The molecule has 1 rings (SSSR count). The van der Waals surface area contributed by atoms with E-state index in [1.807, 2.05) is 0 Å². The van der Waals surface area contributed by atoms with Crippen molar-refractivity contribution in [3.63, 3.8) is 0 Å². The van der Waals surface area contributed by atoms with E-state index >= 15 is 0 Å². The van der Waals surface area contributed by atoms with Gasteiger partial charge in [-0.3, -0.25) is 0 Å². The highest BCUT2D eigenvalue weighted by Crippen LogP contribution is 2.32. The molecule has 1 nitrogen and oxygen atoms in total. The lowest BCUT2D eigenvalue weighted by Gasteiger charge is -2.16. The third-order valence-electron chi connectivity index (χ3n) is 1.90. The van der Waals surface area contributed by atoms with Gasteiger partial charge in [0.25, 0.3) is 0 Å². The fraction of sp³-hybridized carbons (Fsp3) is 0.333. The van der Waals surface area contributed by atoms with Crippen molar-refractivity contribution < 1.29 is 22.0 Å². The van der Waals surface area contributed by atoms with Gasteiger partial charge in [0.1, 0.15) is 11.6 Å². The predicted molar refractivity (Wildman–Crippen MR) is 51.7 cm³/mol. The molecule has 0 saturated carbocycles. The fourth-order valence-electron chi connectivity index (χ4n) is 1.23. The Balaban J connectivity index is 3.08. The number of benzene rings is 1. The smallest absolute Gasteiger partial charge is 0.323 e. The minimum absolute atomic E-state index is 0.124. The van der Waals surface area contributed by atoms with Crippen molar-refractivity contribution in [2.24, 2.45) is 5.73 Å². The lowest BCUT2D eigenvalue weighted by atomic mass is 10.0. The quantitative estimate of drug-likeness (QED) is 0.654. The molecule has 0 aliphatic rings. The molecular weight excluding hydrogens is 297 g/mol.